The van der Waals surface area contributed by atoms with E-state index in [-0.39, 0.29) is 43.7 Å². The van der Waals surface area contributed by atoms with E-state index in [4.69, 9.17) is 14.2 Å². The minimum absolute atomic E-state index is 0.100. The highest BCUT2D eigenvalue weighted by atomic mass is 16.5. The van der Waals surface area contributed by atoms with E-state index in [1.807, 2.05) is 30.3 Å². The van der Waals surface area contributed by atoms with Gasteiger partial charge in [0, 0.05) is 38.2 Å². The van der Waals surface area contributed by atoms with Crippen molar-refractivity contribution in [3.05, 3.63) is 48.0 Å². The summed E-state index contributed by atoms with van der Waals surface area (Å²) in [5.74, 6) is 0.296. The molecule has 1 heterocycles. The first kappa shape index (κ1) is 23.9. The molecular formula is C24H29N3O6. The molecule has 0 saturated carbocycles. The average molecular weight is 456 g/mol. The third-order valence-corrected chi connectivity index (χ3v) is 5.41. The van der Waals surface area contributed by atoms with Crippen molar-refractivity contribution >= 4 is 23.4 Å². The van der Waals surface area contributed by atoms with Gasteiger partial charge in [-0.05, 0) is 5.56 Å². The second kappa shape index (κ2) is 11.2. The van der Waals surface area contributed by atoms with Crippen LogP contribution < -0.4 is 29.7 Å². The SMILES string of the molecule is COc1cc(N2CC(C(=O)NCCNC(=O)Cc3ccccc3)CC2=O)cc(OC)c1OC. The molecule has 0 aromatic heterocycles. The summed E-state index contributed by atoms with van der Waals surface area (Å²) < 4.78 is 16.0. The molecule has 1 saturated heterocycles. The Bertz CT molecular complexity index is 970. The topological polar surface area (TPSA) is 106 Å². The Morgan fingerprint density at radius 2 is 1.61 bits per heavy atom. The monoisotopic (exact) mass is 455 g/mol. The first-order chi connectivity index (χ1) is 16.0. The van der Waals surface area contributed by atoms with Gasteiger partial charge in [0.05, 0.1) is 39.4 Å². The summed E-state index contributed by atoms with van der Waals surface area (Å²) in [5.41, 5.74) is 1.49. The fourth-order valence-electron chi connectivity index (χ4n) is 3.73. The Morgan fingerprint density at radius 3 is 2.21 bits per heavy atom. The number of ether oxygens (including phenoxy) is 3. The summed E-state index contributed by atoms with van der Waals surface area (Å²) >= 11 is 0. The van der Waals surface area contributed by atoms with Gasteiger partial charge in [0.1, 0.15) is 0 Å². The minimum Gasteiger partial charge on any atom is -0.493 e. The summed E-state index contributed by atoms with van der Waals surface area (Å²) in [7, 11) is 4.51. The summed E-state index contributed by atoms with van der Waals surface area (Å²) in [5, 5.41) is 5.58. The predicted octanol–water partition coefficient (Wildman–Crippen LogP) is 1.54. The van der Waals surface area contributed by atoms with Gasteiger partial charge >= 0.3 is 0 Å². The van der Waals surface area contributed by atoms with E-state index in [0.29, 0.717) is 29.5 Å². The molecule has 0 aliphatic carbocycles. The van der Waals surface area contributed by atoms with Gasteiger partial charge in [0.2, 0.25) is 23.5 Å². The molecule has 1 atom stereocenters. The number of carbonyl (C=O) groups is 3. The summed E-state index contributed by atoms with van der Waals surface area (Å²) in [6, 6.07) is 12.8. The molecule has 2 aromatic rings. The molecule has 2 aromatic carbocycles. The molecule has 33 heavy (non-hydrogen) atoms. The fourth-order valence-corrected chi connectivity index (χ4v) is 3.73. The van der Waals surface area contributed by atoms with Crippen LogP contribution in [0.4, 0.5) is 5.69 Å². The van der Waals surface area contributed by atoms with Crippen LogP contribution in [0, 0.1) is 5.92 Å². The van der Waals surface area contributed by atoms with E-state index in [1.54, 1.807) is 12.1 Å². The second-order valence-electron chi connectivity index (χ2n) is 7.59. The number of nitrogens with one attached hydrogen (secondary N) is 2. The number of benzene rings is 2. The Hall–Kier alpha value is -3.75. The molecule has 0 radical (unpaired) electrons. The Balaban J connectivity index is 1.51. The van der Waals surface area contributed by atoms with Gasteiger partial charge in [-0.15, -0.1) is 0 Å². The standard InChI is InChI=1S/C24H29N3O6/c1-31-19-13-18(14-20(32-2)23(19)33-3)27-15-17(12-22(27)29)24(30)26-10-9-25-21(28)11-16-7-5-4-6-8-16/h4-8,13-14,17H,9-12,15H2,1-3H3,(H,25,28)(H,26,30). The number of carbonyl (C=O) groups excluding carboxylic acids is 3. The zero-order valence-electron chi connectivity index (χ0n) is 19.1. The van der Waals surface area contributed by atoms with E-state index in [1.165, 1.54) is 26.2 Å². The van der Waals surface area contributed by atoms with Gasteiger partial charge < -0.3 is 29.7 Å². The van der Waals surface area contributed by atoms with Crippen molar-refractivity contribution in [1.29, 1.82) is 0 Å². The molecule has 2 N–H and O–H groups in total. The maximum absolute atomic E-state index is 12.6. The lowest BCUT2D eigenvalue weighted by Crippen LogP contribution is -2.38. The first-order valence-corrected chi connectivity index (χ1v) is 10.7. The van der Waals surface area contributed by atoms with Gasteiger partial charge in [-0.3, -0.25) is 14.4 Å². The van der Waals surface area contributed by atoms with E-state index in [9.17, 15) is 14.4 Å². The smallest absolute Gasteiger partial charge is 0.227 e. The lowest BCUT2D eigenvalue weighted by Gasteiger charge is -2.20. The zero-order chi connectivity index (χ0) is 23.8. The fraction of sp³-hybridized carbons (Fsp3) is 0.375. The second-order valence-corrected chi connectivity index (χ2v) is 7.59. The van der Waals surface area contributed by atoms with Crippen LogP contribution in [0.25, 0.3) is 0 Å². The molecule has 1 aliphatic heterocycles. The molecule has 9 nitrogen and oxygen atoms in total. The van der Waals surface area contributed by atoms with Crippen LogP contribution in [0.15, 0.2) is 42.5 Å². The van der Waals surface area contributed by atoms with Gasteiger partial charge in [0.25, 0.3) is 0 Å². The van der Waals surface area contributed by atoms with Crippen LogP contribution >= 0.6 is 0 Å². The Labute approximate surface area is 193 Å². The van der Waals surface area contributed by atoms with Crippen LogP contribution in [0.5, 0.6) is 17.2 Å². The van der Waals surface area contributed by atoms with Gasteiger partial charge in [-0.1, -0.05) is 30.3 Å². The number of rotatable bonds is 10. The molecule has 1 aliphatic rings. The zero-order valence-corrected chi connectivity index (χ0v) is 19.1. The summed E-state index contributed by atoms with van der Waals surface area (Å²) in [6.07, 6.45) is 0.387. The van der Waals surface area contributed by atoms with E-state index in [0.717, 1.165) is 5.56 Å². The van der Waals surface area contributed by atoms with Crippen molar-refractivity contribution in [1.82, 2.24) is 10.6 Å². The average Bonchev–Trinajstić information content (AvgIpc) is 3.23. The number of anilines is 1. The molecule has 1 fully saturated rings. The lowest BCUT2D eigenvalue weighted by atomic mass is 10.1. The largest absolute Gasteiger partial charge is 0.493 e. The van der Waals surface area contributed by atoms with Crippen molar-refractivity contribution in [2.24, 2.45) is 5.92 Å². The Kier molecular flexibility index (Phi) is 8.12. The maximum Gasteiger partial charge on any atom is 0.227 e. The molecule has 3 rings (SSSR count). The first-order valence-electron chi connectivity index (χ1n) is 10.7. The predicted molar refractivity (Wildman–Crippen MR) is 123 cm³/mol. The maximum atomic E-state index is 12.6. The number of hydrogen-bond acceptors (Lipinski definition) is 6. The third kappa shape index (κ3) is 5.94. The number of methoxy groups -OCH3 is 3. The van der Waals surface area contributed by atoms with Crippen molar-refractivity contribution in [2.45, 2.75) is 12.8 Å². The molecule has 0 spiro atoms. The van der Waals surface area contributed by atoms with Gasteiger partial charge in [-0.25, -0.2) is 0 Å². The van der Waals surface area contributed by atoms with Crippen molar-refractivity contribution < 1.29 is 28.6 Å². The van der Waals surface area contributed by atoms with Crippen molar-refractivity contribution in [2.75, 3.05) is 45.9 Å². The summed E-state index contributed by atoms with van der Waals surface area (Å²) in [6.45, 7) is 0.840. The summed E-state index contributed by atoms with van der Waals surface area (Å²) in [4.78, 5) is 38.7. The normalized spacial score (nSPS) is 15.2. The molecule has 9 heteroatoms. The third-order valence-electron chi connectivity index (χ3n) is 5.41. The lowest BCUT2D eigenvalue weighted by molar-refractivity contribution is -0.126. The number of hydrogen-bond donors (Lipinski definition) is 2. The molecule has 0 bridgehead atoms. The van der Waals surface area contributed by atoms with E-state index < -0.39 is 5.92 Å². The minimum atomic E-state index is -0.489. The van der Waals surface area contributed by atoms with E-state index in [2.05, 4.69) is 10.6 Å². The van der Waals surface area contributed by atoms with Crippen LogP contribution in [0.2, 0.25) is 0 Å². The van der Waals surface area contributed by atoms with Crippen molar-refractivity contribution in [3.63, 3.8) is 0 Å². The quantitative estimate of drug-likeness (QED) is 0.527. The van der Waals surface area contributed by atoms with Crippen LogP contribution in [-0.2, 0) is 20.8 Å². The van der Waals surface area contributed by atoms with Gasteiger partial charge in [-0.2, -0.15) is 0 Å². The molecule has 3 amide bonds. The molecule has 1 unspecified atom stereocenters. The van der Waals surface area contributed by atoms with Gasteiger partial charge in [0.15, 0.2) is 11.5 Å². The highest BCUT2D eigenvalue weighted by molar-refractivity contribution is 6.00. The number of nitrogens with zero attached hydrogens (tertiary/aromatic N) is 1. The van der Waals surface area contributed by atoms with Crippen LogP contribution in [0.3, 0.4) is 0 Å². The molecule has 176 valence electrons. The molecular weight excluding hydrogens is 426 g/mol. The highest BCUT2D eigenvalue weighted by Gasteiger charge is 2.35. The highest BCUT2D eigenvalue weighted by Crippen LogP contribution is 2.42. The van der Waals surface area contributed by atoms with Crippen molar-refractivity contribution in [3.8, 4) is 17.2 Å². The number of amides is 3. The van der Waals surface area contributed by atoms with Crippen LogP contribution in [-0.4, -0.2) is 58.7 Å². The van der Waals surface area contributed by atoms with E-state index >= 15 is 0 Å². The van der Waals surface area contributed by atoms with Crippen LogP contribution in [0.1, 0.15) is 12.0 Å². The Morgan fingerprint density at radius 1 is 0.970 bits per heavy atom.